The molecule has 0 atom stereocenters. The summed E-state index contributed by atoms with van der Waals surface area (Å²) < 4.78 is 47.3. The summed E-state index contributed by atoms with van der Waals surface area (Å²) in [7, 11) is 0. The Bertz CT molecular complexity index is 155. The lowest BCUT2D eigenvalue weighted by Crippen LogP contribution is -2.26. The van der Waals surface area contributed by atoms with E-state index in [-0.39, 0.29) is 18.6 Å². The lowest BCUT2D eigenvalue weighted by atomic mass is 10.1. The van der Waals surface area contributed by atoms with Crippen molar-refractivity contribution < 1.29 is 22.4 Å². The first-order chi connectivity index (χ1) is 5.36. The van der Waals surface area contributed by atoms with Gasteiger partial charge in [0.2, 0.25) is 0 Å². The summed E-state index contributed by atoms with van der Waals surface area (Å²) in [6.45, 7) is 1.24. The average molecular weight is 186 g/mol. The molecule has 0 aliphatic heterocycles. The minimum Gasteiger partial charge on any atom is -0.300 e. The fourth-order valence-electron chi connectivity index (χ4n) is 0.682. The number of hydrogen-bond donors (Lipinski definition) is 0. The topological polar surface area (TPSA) is 17.1 Å². The molecule has 0 fully saturated rings. The third-order valence-electron chi connectivity index (χ3n) is 1.36. The predicted molar refractivity (Wildman–Crippen MR) is 35.5 cm³/mol. The van der Waals surface area contributed by atoms with E-state index in [0.29, 0.717) is 0 Å². The van der Waals surface area contributed by atoms with Gasteiger partial charge in [0, 0.05) is 12.8 Å². The monoisotopic (exact) mass is 186 g/mol. The maximum Gasteiger partial charge on any atom is 0.307 e. The van der Waals surface area contributed by atoms with Gasteiger partial charge in [-0.15, -0.1) is 0 Å². The molecule has 1 nitrogen and oxygen atoms in total. The second-order valence-electron chi connectivity index (χ2n) is 2.62. The number of Topliss-reactive ketones (excluding diaryl/α,β-unsaturated/α-hetero) is 1. The molecule has 0 bridgehead atoms. The van der Waals surface area contributed by atoms with Crippen molar-refractivity contribution in [2.45, 2.75) is 38.5 Å². The molecule has 0 aromatic rings. The third kappa shape index (κ3) is 4.31. The van der Waals surface area contributed by atoms with Crippen molar-refractivity contribution in [2.24, 2.45) is 0 Å². The van der Waals surface area contributed by atoms with Crippen molar-refractivity contribution >= 4 is 5.78 Å². The highest BCUT2D eigenvalue weighted by Gasteiger charge is 2.39. The summed E-state index contributed by atoms with van der Waals surface area (Å²) >= 11 is 0. The van der Waals surface area contributed by atoms with E-state index in [2.05, 4.69) is 0 Å². The molecule has 0 aromatic carbocycles. The van der Waals surface area contributed by atoms with E-state index in [4.69, 9.17) is 0 Å². The number of ketones is 1. The van der Waals surface area contributed by atoms with Crippen molar-refractivity contribution in [2.75, 3.05) is 0 Å². The van der Waals surface area contributed by atoms with E-state index < -0.39 is 18.8 Å². The standard InChI is InChI=1S/C7H10F4O/c1-5(12)3-2-4-7(10,11)6(8)9/h6H,2-4H2,1H3. The maximum absolute atomic E-state index is 12.1. The molecule has 0 heterocycles. The Balaban J connectivity index is 3.69. The van der Waals surface area contributed by atoms with Crippen LogP contribution in [0.4, 0.5) is 17.6 Å². The van der Waals surface area contributed by atoms with Crippen LogP contribution in [0.15, 0.2) is 0 Å². The third-order valence-corrected chi connectivity index (χ3v) is 1.36. The van der Waals surface area contributed by atoms with Crippen molar-refractivity contribution in [3.05, 3.63) is 0 Å². The van der Waals surface area contributed by atoms with Crippen LogP contribution in [-0.4, -0.2) is 18.1 Å². The molecule has 72 valence electrons. The first-order valence-corrected chi connectivity index (χ1v) is 3.51. The van der Waals surface area contributed by atoms with Crippen LogP contribution >= 0.6 is 0 Å². The minimum atomic E-state index is -3.95. The van der Waals surface area contributed by atoms with Gasteiger partial charge in [0.1, 0.15) is 5.78 Å². The highest BCUT2D eigenvalue weighted by Crippen LogP contribution is 2.28. The van der Waals surface area contributed by atoms with E-state index >= 15 is 0 Å². The molecule has 0 saturated heterocycles. The fourth-order valence-corrected chi connectivity index (χ4v) is 0.682. The number of alkyl halides is 4. The quantitative estimate of drug-likeness (QED) is 0.603. The van der Waals surface area contributed by atoms with Crippen molar-refractivity contribution in [3.63, 3.8) is 0 Å². The second-order valence-corrected chi connectivity index (χ2v) is 2.62. The predicted octanol–water partition coefficient (Wildman–Crippen LogP) is 2.65. The summed E-state index contributed by atoms with van der Waals surface area (Å²) in [5, 5.41) is 0. The Morgan fingerprint density at radius 2 is 1.92 bits per heavy atom. The summed E-state index contributed by atoms with van der Waals surface area (Å²) in [4.78, 5) is 10.3. The van der Waals surface area contributed by atoms with E-state index in [0.717, 1.165) is 0 Å². The second kappa shape index (κ2) is 4.42. The van der Waals surface area contributed by atoms with Gasteiger partial charge >= 0.3 is 12.3 Å². The molecule has 0 aromatic heterocycles. The Morgan fingerprint density at radius 1 is 1.42 bits per heavy atom. The molecule has 0 rings (SSSR count). The molecule has 5 heteroatoms. The average Bonchev–Trinajstić information content (AvgIpc) is 1.85. The van der Waals surface area contributed by atoms with Gasteiger partial charge < -0.3 is 4.79 Å². The largest absolute Gasteiger partial charge is 0.307 e. The zero-order valence-electron chi connectivity index (χ0n) is 6.62. The van der Waals surface area contributed by atoms with Gasteiger partial charge in [-0.3, -0.25) is 0 Å². The van der Waals surface area contributed by atoms with E-state index in [9.17, 15) is 22.4 Å². The lowest BCUT2D eigenvalue weighted by molar-refractivity contribution is -0.135. The van der Waals surface area contributed by atoms with Crippen molar-refractivity contribution in [1.29, 1.82) is 0 Å². The lowest BCUT2D eigenvalue weighted by Gasteiger charge is -2.13. The smallest absolute Gasteiger partial charge is 0.300 e. The Hall–Kier alpha value is -0.610. The first kappa shape index (κ1) is 11.4. The molecular weight excluding hydrogens is 176 g/mol. The molecule has 0 unspecified atom stereocenters. The molecule has 0 saturated carbocycles. The Labute approximate surface area is 67.8 Å². The highest BCUT2D eigenvalue weighted by atomic mass is 19.3. The number of carbonyl (C=O) groups is 1. The van der Waals surface area contributed by atoms with Crippen molar-refractivity contribution in [1.82, 2.24) is 0 Å². The maximum atomic E-state index is 12.1. The fraction of sp³-hybridized carbons (Fsp3) is 0.857. The molecule has 12 heavy (non-hydrogen) atoms. The van der Waals surface area contributed by atoms with Crippen LogP contribution in [0.5, 0.6) is 0 Å². The molecule has 0 aliphatic carbocycles. The summed E-state index contributed by atoms with van der Waals surface area (Å²) in [5.74, 6) is -4.21. The number of carbonyl (C=O) groups excluding carboxylic acids is 1. The van der Waals surface area contributed by atoms with Crippen LogP contribution in [0.3, 0.4) is 0 Å². The van der Waals surface area contributed by atoms with Gasteiger partial charge in [-0.1, -0.05) is 0 Å². The molecule has 0 radical (unpaired) electrons. The summed E-state index contributed by atoms with van der Waals surface area (Å²) in [5.41, 5.74) is 0. The molecule has 0 aliphatic rings. The summed E-state index contributed by atoms with van der Waals surface area (Å²) in [6, 6.07) is 0. The number of rotatable bonds is 5. The van der Waals surface area contributed by atoms with Crippen LogP contribution in [0.2, 0.25) is 0 Å². The van der Waals surface area contributed by atoms with Gasteiger partial charge in [-0.2, -0.15) is 0 Å². The van der Waals surface area contributed by atoms with Gasteiger partial charge in [0.05, 0.1) is 0 Å². The summed E-state index contributed by atoms with van der Waals surface area (Å²) in [6.07, 6.45) is -4.82. The molecule has 0 spiro atoms. The Kier molecular flexibility index (Phi) is 4.20. The highest BCUT2D eigenvalue weighted by molar-refractivity contribution is 5.75. The van der Waals surface area contributed by atoms with Crippen LogP contribution in [0.25, 0.3) is 0 Å². The van der Waals surface area contributed by atoms with Crippen LogP contribution in [-0.2, 0) is 4.79 Å². The van der Waals surface area contributed by atoms with E-state index in [1.54, 1.807) is 0 Å². The normalized spacial score (nSPS) is 12.2. The van der Waals surface area contributed by atoms with E-state index in [1.807, 2.05) is 0 Å². The van der Waals surface area contributed by atoms with Gasteiger partial charge in [0.15, 0.2) is 0 Å². The molecule has 0 N–H and O–H groups in total. The van der Waals surface area contributed by atoms with Crippen LogP contribution in [0.1, 0.15) is 26.2 Å². The van der Waals surface area contributed by atoms with Gasteiger partial charge in [-0.05, 0) is 13.3 Å². The van der Waals surface area contributed by atoms with Gasteiger partial charge in [-0.25, -0.2) is 17.6 Å². The first-order valence-electron chi connectivity index (χ1n) is 3.51. The number of hydrogen-bond acceptors (Lipinski definition) is 1. The zero-order valence-corrected chi connectivity index (χ0v) is 6.62. The zero-order chi connectivity index (χ0) is 9.78. The van der Waals surface area contributed by atoms with Gasteiger partial charge in [0.25, 0.3) is 0 Å². The van der Waals surface area contributed by atoms with Crippen LogP contribution in [0, 0.1) is 0 Å². The minimum absolute atomic E-state index is 0.0672. The molecular formula is C7H10F4O. The SMILES string of the molecule is CC(=O)CCCC(F)(F)C(F)F. The number of halogens is 4. The molecule has 0 amide bonds. The van der Waals surface area contributed by atoms with E-state index in [1.165, 1.54) is 6.92 Å². The van der Waals surface area contributed by atoms with Crippen molar-refractivity contribution in [3.8, 4) is 0 Å². The van der Waals surface area contributed by atoms with Crippen LogP contribution < -0.4 is 0 Å². The Morgan fingerprint density at radius 3 is 2.25 bits per heavy atom.